The van der Waals surface area contributed by atoms with Crippen molar-refractivity contribution in [1.82, 2.24) is 9.97 Å². The first-order valence-electron chi connectivity index (χ1n) is 7.95. The third-order valence-corrected chi connectivity index (χ3v) is 5.68. The minimum Gasteiger partial charge on any atom is -0.354 e. The molecule has 0 saturated carbocycles. The number of fused-ring (bicyclic) bond motifs is 3. The lowest BCUT2D eigenvalue weighted by Gasteiger charge is -2.06. The van der Waals surface area contributed by atoms with Gasteiger partial charge in [0, 0.05) is 31.7 Å². The second-order valence-corrected chi connectivity index (χ2v) is 7.91. The van der Waals surface area contributed by atoms with Crippen LogP contribution in [-0.4, -0.2) is 16.2 Å². The molecule has 2 aromatic heterocycles. The van der Waals surface area contributed by atoms with E-state index in [1.54, 1.807) is 11.3 Å². The van der Waals surface area contributed by atoms with Gasteiger partial charge in [0.05, 0.1) is 11.9 Å². The van der Waals surface area contributed by atoms with Crippen LogP contribution in [0.5, 0.6) is 0 Å². The molecule has 0 bridgehead atoms. The van der Waals surface area contributed by atoms with Crippen molar-refractivity contribution in [2.75, 3.05) is 5.43 Å². The molecule has 0 amide bonds. The zero-order valence-electron chi connectivity index (χ0n) is 14.1. The van der Waals surface area contributed by atoms with E-state index in [9.17, 15) is 0 Å². The average Bonchev–Trinajstić information content (AvgIpc) is 3.16. The highest BCUT2D eigenvalue weighted by molar-refractivity contribution is 9.10. The monoisotopic (exact) mass is 412 g/mol. The van der Waals surface area contributed by atoms with E-state index in [4.69, 9.17) is 0 Å². The molecular formula is C19H17BrN4S. The van der Waals surface area contributed by atoms with Gasteiger partial charge >= 0.3 is 0 Å². The van der Waals surface area contributed by atoms with Crippen LogP contribution < -0.4 is 5.43 Å². The maximum atomic E-state index is 4.37. The molecule has 0 aliphatic heterocycles. The molecule has 0 saturated heterocycles. The summed E-state index contributed by atoms with van der Waals surface area (Å²) in [4.78, 5) is 7.89. The van der Waals surface area contributed by atoms with Gasteiger partial charge in [-0.2, -0.15) is 5.10 Å². The smallest absolute Gasteiger partial charge is 0.203 e. The molecule has 6 heteroatoms. The Morgan fingerprint density at radius 1 is 1.24 bits per heavy atom. The van der Waals surface area contributed by atoms with Crippen LogP contribution in [0.15, 0.2) is 39.2 Å². The Balaban J connectivity index is 1.80. The van der Waals surface area contributed by atoms with E-state index in [0.29, 0.717) is 0 Å². The molecule has 0 spiro atoms. The molecular weight excluding hydrogens is 396 g/mol. The molecule has 2 aromatic carbocycles. The third kappa shape index (κ3) is 2.96. The van der Waals surface area contributed by atoms with Gasteiger partial charge in [0.1, 0.15) is 0 Å². The number of halogens is 1. The highest BCUT2D eigenvalue weighted by Crippen LogP contribution is 2.33. The van der Waals surface area contributed by atoms with Gasteiger partial charge in [-0.05, 0) is 61.7 Å². The molecule has 0 aliphatic carbocycles. The minimum atomic E-state index is 0.806. The Morgan fingerprint density at radius 2 is 2.08 bits per heavy atom. The van der Waals surface area contributed by atoms with Gasteiger partial charge in [-0.25, -0.2) is 4.98 Å². The normalized spacial score (nSPS) is 11.8. The zero-order chi connectivity index (χ0) is 17.6. The standard InChI is InChI=1S/C19H17BrN4S/c1-10-6-13(8-21-24-19-22-11(2)9-25-19)12(3)17-15-7-14(20)4-5-16(15)23-18(10)17/h4-9,23H,1-3H3,(H,22,24). The van der Waals surface area contributed by atoms with Gasteiger partial charge in [0.2, 0.25) is 5.13 Å². The van der Waals surface area contributed by atoms with Crippen LogP contribution in [0.25, 0.3) is 21.8 Å². The zero-order valence-corrected chi connectivity index (χ0v) is 16.5. The maximum absolute atomic E-state index is 4.37. The lowest BCUT2D eigenvalue weighted by molar-refractivity contribution is 1.22. The van der Waals surface area contributed by atoms with Gasteiger partial charge < -0.3 is 4.98 Å². The van der Waals surface area contributed by atoms with E-state index < -0.39 is 0 Å². The number of hydrazone groups is 1. The number of benzene rings is 2. The van der Waals surface area contributed by atoms with Crippen molar-refractivity contribution >= 4 is 60.4 Å². The molecule has 0 radical (unpaired) electrons. The lowest BCUT2D eigenvalue weighted by Crippen LogP contribution is -1.94. The van der Waals surface area contributed by atoms with E-state index >= 15 is 0 Å². The first-order valence-corrected chi connectivity index (χ1v) is 9.62. The Morgan fingerprint density at radius 3 is 2.84 bits per heavy atom. The molecule has 0 unspecified atom stereocenters. The number of rotatable bonds is 3. The van der Waals surface area contributed by atoms with E-state index in [0.717, 1.165) is 26.4 Å². The molecule has 0 atom stereocenters. The van der Waals surface area contributed by atoms with Gasteiger partial charge in [0.15, 0.2) is 0 Å². The predicted molar refractivity (Wildman–Crippen MR) is 111 cm³/mol. The van der Waals surface area contributed by atoms with Gasteiger partial charge in [0.25, 0.3) is 0 Å². The Hall–Kier alpha value is -2.18. The van der Waals surface area contributed by atoms with Crippen molar-refractivity contribution in [2.24, 2.45) is 5.10 Å². The second-order valence-electron chi connectivity index (χ2n) is 6.14. The van der Waals surface area contributed by atoms with Crippen molar-refractivity contribution < 1.29 is 0 Å². The number of nitrogens with one attached hydrogen (secondary N) is 2. The fourth-order valence-corrected chi connectivity index (χ4v) is 4.10. The molecule has 4 aromatic rings. The Bertz CT molecular complexity index is 1120. The highest BCUT2D eigenvalue weighted by Gasteiger charge is 2.12. The average molecular weight is 413 g/mol. The molecule has 4 nitrogen and oxygen atoms in total. The van der Waals surface area contributed by atoms with Crippen LogP contribution in [0, 0.1) is 20.8 Å². The SMILES string of the molecule is Cc1csc(NN=Cc2cc(C)c3[nH]c4ccc(Br)cc4c3c2C)n1. The van der Waals surface area contributed by atoms with Crippen molar-refractivity contribution in [2.45, 2.75) is 20.8 Å². The van der Waals surface area contributed by atoms with Gasteiger partial charge in [-0.3, -0.25) is 5.43 Å². The van der Waals surface area contributed by atoms with Crippen LogP contribution in [0.3, 0.4) is 0 Å². The van der Waals surface area contributed by atoms with Gasteiger partial charge in [-0.1, -0.05) is 15.9 Å². The largest absolute Gasteiger partial charge is 0.354 e. The summed E-state index contributed by atoms with van der Waals surface area (Å²) in [5.74, 6) is 0. The van der Waals surface area contributed by atoms with Gasteiger partial charge in [-0.15, -0.1) is 11.3 Å². The molecule has 126 valence electrons. The number of aromatic nitrogens is 2. The number of aromatic amines is 1. The number of aryl methyl sites for hydroxylation is 3. The minimum absolute atomic E-state index is 0.806. The Kier molecular flexibility index (Phi) is 4.09. The molecule has 0 aliphatic rings. The summed E-state index contributed by atoms with van der Waals surface area (Å²) in [6, 6.07) is 8.50. The van der Waals surface area contributed by atoms with Crippen LogP contribution >= 0.6 is 27.3 Å². The number of nitrogens with zero attached hydrogens (tertiary/aromatic N) is 2. The van der Waals surface area contributed by atoms with Crippen molar-refractivity contribution in [3.8, 4) is 0 Å². The predicted octanol–water partition coefficient (Wildman–Crippen LogP) is 5.91. The third-order valence-electron chi connectivity index (χ3n) is 4.32. The Labute approximate surface area is 158 Å². The van der Waals surface area contributed by atoms with Crippen molar-refractivity contribution in [1.29, 1.82) is 0 Å². The summed E-state index contributed by atoms with van der Waals surface area (Å²) in [5.41, 5.74) is 9.87. The number of hydrogen-bond donors (Lipinski definition) is 2. The molecule has 0 fully saturated rings. The summed E-state index contributed by atoms with van der Waals surface area (Å²) in [7, 11) is 0. The molecule has 2 heterocycles. The highest BCUT2D eigenvalue weighted by atomic mass is 79.9. The summed E-state index contributed by atoms with van der Waals surface area (Å²) < 4.78 is 1.08. The van der Waals surface area contributed by atoms with Crippen LogP contribution in [0.4, 0.5) is 5.13 Å². The van der Waals surface area contributed by atoms with Crippen LogP contribution in [-0.2, 0) is 0 Å². The van der Waals surface area contributed by atoms with Crippen molar-refractivity contribution in [3.05, 3.63) is 56.5 Å². The summed E-state index contributed by atoms with van der Waals surface area (Å²) in [6.07, 6.45) is 1.87. The lowest BCUT2D eigenvalue weighted by atomic mass is 9.99. The molecule has 25 heavy (non-hydrogen) atoms. The number of thiazole rings is 1. The molecule has 4 rings (SSSR count). The number of anilines is 1. The molecule has 2 N–H and O–H groups in total. The maximum Gasteiger partial charge on any atom is 0.203 e. The quantitative estimate of drug-likeness (QED) is 0.324. The summed E-state index contributed by atoms with van der Waals surface area (Å²) in [6.45, 7) is 6.24. The number of H-pyrrole nitrogens is 1. The van der Waals surface area contributed by atoms with Crippen LogP contribution in [0.1, 0.15) is 22.4 Å². The summed E-state index contributed by atoms with van der Waals surface area (Å²) in [5, 5.41) is 9.66. The summed E-state index contributed by atoms with van der Waals surface area (Å²) >= 11 is 5.13. The van der Waals surface area contributed by atoms with E-state index in [2.05, 4.69) is 74.5 Å². The van der Waals surface area contributed by atoms with E-state index in [-0.39, 0.29) is 0 Å². The van der Waals surface area contributed by atoms with Crippen LogP contribution in [0.2, 0.25) is 0 Å². The van der Waals surface area contributed by atoms with E-state index in [1.807, 2.05) is 18.5 Å². The first-order chi connectivity index (χ1) is 12.0. The van der Waals surface area contributed by atoms with Crippen molar-refractivity contribution in [3.63, 3.8) is 0 Å². The second kappa shape index (κ2) is 6.28. The van der Waals surface area contributed by atoms with E-state index in [1.165, 1.54) is 27.4 Å². The fourth-order valence-electron chi connectivity index (χ4n) is 3.10. The fraction of sp³-hybridized carbons (Fsp3) is 0.158. The topological polar surface area (TPSA) is 53.1 Å². The number of hydrogen-bond acceptors (Lipinski definition) is 4. The first kappa shape index (κ1) is 16.3.